The Hall–Kier alpha value is -5.70. The largest absolute Gasteiger partial charge is 0.492 e. The second kappa shape index (κ2) is 17.0. The SMILES string of the molecule is COc1c(NC(=O)CC(C)=O)ccc(N)c1N=Nc1c(N)c(-c2cc(C(=O)Nc3cccc(Cl)c3Cl)ccc2Cl)cc(NC(=O)CC(C)=O)c1OC. The van der Waals surface area contributed by atoms with Crippen molar-refractivity contribution in [3.05, 3.63) is 75.2 Å². The molecule has 52 heavy (non-hydrogen) atoms. The quantitative estimate of drug-likeness (QED) is 0.0505. The highest BCUT2D eigenvalue weighted by atomic mass is 35.5. The van der Waals surface area contributed by atoms with Crippen LogP contribution in [-0.4, -0.2) is 43.5 Å². The Balaban J connectivity index is 1.89. The summed E-state index contributed by atoms with van der Waals surface area (Å²) in [4.78, 5) is 61.7. The monoisotopic (exact) mass is 767 g/mol. The number of ketones is 2. The number of Topliss-reactive ketones (excluding diaryl/α,β-unsaturated/α-hetero) is 2. The Bertz CT molecular complexity index is 2140. The van der Waals surface area contributed by atoms with Crippen molar-refractivity contribution in [2.24, 2.45) is 10.2 Å². The van der Waals surface area contributed by atoms with Gasteiger partial charge in [0.1, 0.15) is 11.6 Å². The van der Waals surface area contributed by atoms with Crippen LogP contribution in [0.25, 0.3) is 11.1 Å². The molecule has 0 aliphatic rings. The highest BCUT2D eigenvalue weighted by Crippen LogP contribution is 2.49. The molecule has 0 aliphatic heterocycles. The molecule has 17 heteroatoms. The first-order valence-electron chi connectivity index (χ1n) is 15.2. The molecule has 0 aromatic heterocycles. The number of nitrogens with zero attached hydrogens (tertiary/aromatic N) is 2. The fourth-order valence-corrected chi connectivity index (χ4v) is 5.46. The molecule has 0 atom stereocenters. The predicted octanol–water partition coefficient (Wildman–Crippen LogP) is 8.00. The third-order valence-corrected chi connectivity index (χ3v) is 8.35. The number of anilines is 5. The van der Waals surface area contributed by atoms with E-state index in [1.54, 1.807) is 18.2 Å². The number of halogens is 3. The van der Waals surface area contributed by atoms with Gasteiger partial charge >= 0.3 is 0 Å². The number of nitrogens with two attached hydrogens (primary N) is 2. The van der Waals surface area contributed by atoms with Crippen molar-refractivity contribution < 1.29 is 33.4 Å². The van der Waals surface area contributed by atoms with Crippen molar-refractivity contribution >= 4 is 104 Å². The van der Waals surface area contributed by atoms with Crippen molar-refractivity contribution in [3.63, 3.8) is 0 Å². The number of rotatable bonds is 13. The van der Waals surface area contributed by atoms with Crippen LogP contribution in [0.15, 0.2) is 64.8 Å². The minimum absolute atomic E-state index is 0.0193. The Kier molecular flexibility index (Phi) is 12.8. The minimum atomic E-state index is -0.665. The zero-order valence-electron chi connectivity index (χ0n) is 28.2. The molecule has 0 aliphatic carbocycles. The maximum absolute atomic E-state index is 13.3. The number of methoxy groups -OCH3 is 2. The van der Waals surface area contributed by atoms with E-state index in [4.69, 9.17) is 55.7 Å². The number of hydrogen-bond acceptors (Lipinski definition) is 11. The average Bonchev–Trinajstić information content (AvgIpc) is 3.07. The van der Waals surface area contributed by atoms with Crippen LogP contribution >= 0.6 is 34.8 Å². The van der Waals surface area contributed by atoms with Gasteiger partial charge in [-0.25, -0.2) is 0 Å². The molecular formula is C35H32Cl3N7O7. The standard InChI is InChI=1S/C35H32Cl3N7O7/c1-16(46)12-27(48)41-25-11-10-23(39)31(33(25)51-3)44-45-32-30(40)20(15-26(34(32)52-4)42-28(49)13-17(2)47)19-14-18(8-9-21(19)36)35(50)43-24-7-5-6-22(37)29(24)38/h5-11,14-15H,12-13,39-40H2,1-4H3,(H,41,48)(H,42,49)(H,43,50). The van der Waals surface area contributed by atoms with Crippen molar-refractivity contribution in [1.29, 1.82) is 0 Å². The summed E-state index contributed by atoms with van der Waals surface area (Å²) in [6.45, 7) is 2.53. The number of carbonyl (C=O) groups excluding carboxylic acids is 5. The first-order valence-corrected chi connectivity index (χ1v) is 16.3. The summed E-state index contributed by atoms with van der Waals surface area (Å²) >= 11 is 19.0. The topological polar surface area (TPSA) is 217 Å². The lowest BCUT2D eigenvalue weighted by atomic mass is 9.98. The molecule has 0 saturated carbocycles. The molecule has 14 nitrogen and oxygen atoms in total. The number of hydrogen-bond donors (Lipinski definition) is 5. The molecule has 270 valence electrons. The number of ether oxygens (including phenoxy) is 2. The van der Waals surface area contributed by atoms with Crippen molar-refractivity contribution in [2.45, 2.75) is 26.7 Å². The zero-order chi connectivity index (χ0) is 38.3. The van der Waals surface area contributed by atoms with E-state index in [0.717, 1.165) is 0 Å². The van der Waals surface area contributed by atoms with Gasteiger partial charge in [0.05, 0.1) is 65.5 Å². The molecule has 0 heterocycles. The third kappa shape index (κ3) is 9.15. The summed E-state index contributed by atoms with van der Waals surface area (Å²) in [5, 5.41) is 17.1. The van der Waals surface area contributed by atoms with Crippen LogP contribution in [0, 0.1) is 0 Å². The van der Waals surface area contributed by atoms with Crippen LogP contribution in [0.2, 0.25) is 15.1 Å². The molecule has 0 saturated heterocycles. The molecule has 0 spiro atoms. The van der Waals surface area contributed by atoms with Crippen LogP contribution in [-0.2, 0) is 19.2 Å². The molecule has 0 bridgehead atoms. The molecule has 3 amide bonds. The second-order valence-electron chi connectivity index (χ2n) is 11.2. The summed E-state index contributed by atoms with van der Waals surface area (Å²) < 4.78 is 11.1. The van der Waals surface area contributed by atoms with Crippen LogP contribution in [0.4, 0.5) is 39.8 Å². The van der Waals surface area contributed by atoms with Gasteiger partial charge in [-0.15, -0.1) is 10.2 Å². The van der Waals surface area contributed by atoms with Gasteiger partial charge in [0.25, 0.3) is 5.91 Å². The lowest BCUT2D eigenvalue weighted by Gasteiger charge is -2.19. The van der Waals surface area contributed by atoms with Gasteiger partial charge in [0.15, 0.2) is 22.9 Å². The summed E-state index contributed by atoms with van der Waals surface area (Å²) in [6, 6.07) is 13.5. The van der Waals surface area contributed by atoms with Gasteiger partial charge in [-0.3, -0.25) is 24.0 Å². The number of nitrogen functional groups attached to an aromatic ring is 2. The molecule has 4 aromatic carbocycles. The summed E-state index contributed by atoms with van der Waals surface area (Å²) in [6.07, 6.45) is -0.819. The first kappa shape index (κ1) is 39.1. The Labute approximate surface area is 312 Å². The van der Waals surface area contributed by atoms with E-state index >= 15 is 0 Å². The van der Waals surface area contributed by atoms with Gasteiger partial charge in [0, 0.05) is 21.7 Å². The van der Waals surface area contributed by atoms with E-state index in [1.165, 1.54) is 64.5 Å². The zero-order valence-corrected chi connectivity index (χ0v) is 30.4. The second-order valence-corrected chi connectivity index (χ2v) is 12.3. The summed E-state index contributed by atoms with van der Waals surface area (Å²) in [7, 11) is 2.62. The molecule has 0 unspecified atom stereocenters. The van der Waals surface area contributed by atoms with Gasteiger partial charge in [-0.2, -0.15) is 0 Å². The first-order chi connectivity index (χ1) is 24.6. The van der Waals surface area contributed by atoms with E-state index in [-0.39, 0.29) is 95.3 Å². The number of carbonyl (C=O) groups is 5. The van der Waals surface area contributed by atoms with Gasteiger partial charge in [0.2, 0.25) is 11.8 Å². The Morgan fingerprint density at radius 3 is 1.88 bits per heavy atom. The third-order valence-electron chi connectivity index (χ3n) is 7.20. The minimum Gasteiger partial charge on any atom is -0.492 e. The van der Waals surface area contributed by atoms with Crippen LogP contribution < -0.4 is 36.9 Å². The summed E-state index contributed by atoms with van der Waals surface area (Å²) in [5.41, 5.74) is 13.9. The molecule has 7 N–H and O–H groups in total. The molecule has 4 aromatic rings. The molecule has 0 radical (unpaired) electrons. The average molecular weight is 769 g/mol. The number of azo groups is 1. The van der Waals surface area contributed by atoms with E-state index in [9.17, 15) is 24.0 Å². The normalized spacial score (nSPS) is 10.8. The lowest BCUT2D eigenvalue weighted by molar-refractivity contribution is -0.125. The number of amides is 3. The number of nitrogens with one attached hydrogen (secondary N) is 3. The van der Waals surface area contributed by atoms with Crippen LogP contribution in [0.5, 0.6) is 11.5 Å². The molecule has 4 rings (SSSR count). The highest BCUT2D eigenvalue weighted by molar-refractivity contribution is 6.44. The highest BCUT2D eigenvalue weighted by Gasteiger charge is 2.24. The van der Waals surface area contributed by atoms with Gasteiger partial charge in [-0.05, 0) is 62.4 Å². The lowest BCUT2D eigenvalue weighted by Crippen LogP contribution is -2.16. The Morgan fingerprint density at radius 2 is 1.27 bits per heavy atom. The fourth-order valence-electron chi connectivity index (χ4n) is 4.89. The molecular weight excluding hydrogens is 737 g/mol. The maximum Gasteiger partial charge on any atom is 0.255 e. The van der Waals surface area contributed by atoms with Crippen molar-refractivity contribution in [1.82, 2.24) is 0 Å². The van der Waals surface area contributed by atoms with E-state index in [1.807, 2.05) is 0 Å². The van der Waals surface area contributed by atoms with Crippen LogP contribution in [0.1, 0.15) is 37.0 Å². The van der Waals surface area contributed by atoms with Gasteiger partial charge in [-0.1, -0.05) is 40.9 Å². The van der Waals surface area contributed by atoms with Gasteiger partial charge < -0.3 is 36.9 Å². The maximum atomic E-state index is 13.3. The van der Waals surface area contributed by atoms with Crippen molar-refractivity contribution in [3.8, 4) is 22.6 Å². The fraction of sp³-hybridized carbons (Fsp3) is 0.171. The smallest absolute Gasteiger partial charge is 0.255 e. The predicted molar refractivity (Wildman–Crippen MR) is 202 cm³/mol. The van der Waals surface area contributed by atoms with E-state index in [2.05, 4.69) is 26.2 Å². The van der Waals surface area contributed by atoms with Crippen LogP contribution in [0.3, 0.4) is 0 Å². The van der Waals surface area contributed by atoms with Crippen molar-refractivity contribution in [2.75, 3.05) is 41.6 Å². The summed E-state index contributed by atoms with van der Waals surface area (Å²) in [5.74, 6) is -2.59. The van der Waals surface area contributed by atoms with E-state index < -0.39 is 29.9 Å². The number of benzene rings is 4. The Morgan fingerprint density at radius 1 is 0.673 bits per heavy atom. The molecule has 0 fully saturated rings. The van der Waals surface area contributed by atoms with E-state index in [0.29, 0.717) is 0 Å².